The van der Waals surface area contributed by atoms with E-state index in [2.05, 4.69) is 0 Å². The van der Waals surface area contributed by atoms with Gasteiger partial charge in [0.1, 0.15) is 0 Å². The first-order valence-electron chi connectivity index (χ1n) is 4.81. The molecule has 4 heteroatoms. The fourth-order valence-corrected chi connectivity index (χ4v) is 0.903. The van der Waals surface area contributed by atoms with E-state index in [0.717, 1.165) is 6.42 Å². The van der Waals surface area contributed by atoms with Crippen molar-refractivity contribution in [2.75, 3.05) is 0 Å². The van der Waals surface area contributed by atoms with Crippen LogP contribution in [0.5, 0.6) is 0 Å². The van der Waals surface area contributed by atoms with Crippen molar-refractivity contribution in [2.24, 2.45) is 0 Å². The molecule has 1 unspecified atom stereocenters. The van der Waals surface area contributed by atoms with Crippen molar-refractivity contribution in [3.05, 3.63) is 24.3 Å². The van der Waals surface area contributed by atoms with Crippen LogP contribution in [0, 0.1) is 0 Å². The van der Waals surface area contributed by atoms with Gasteiger partial charge >= 0.3 is 7.12 Å². The Morgan fingerprint density at radius 1 is 1.29 bits per heavy atom. The molecule has 0 aromatic carbocycles. The van der Waals surface area contributed by atoms with E-state index in [1.165, 1.54) is 0 Å². The van der Waals surface area contributed by atoms with Gasteiger partial charge in [-0.15, -0.1) is 0 Å². The van der Waals surface area contributed by atoms with E-state index in [9.17, 15) is 5.11 Å². The lowest BCUT2D eigenvalue weighted by atomic mass is 9.72. The third-order valence-electron chi connectivity index (χ3n) is 1.66. The Hall–Kier alpha value is -0.575. The first-order valence-corrected chi connectivity index (χ1v) is 4.81. The van der Waals surface area contributed by atoms with Gasteiger partial charge in [0.25, 0.3) is 0 Å². The first-order chi connectivity index (χ1) is 6.37. The highest BCUT2D eigenvalue weighted by Crippen LogP contribution is 2.14. The third kappa shape index (κ3) is 6.89. The van der Waals surface area contributed by atoms with E-state index in [4.69, 9.17) is 10.0 Å². The molecule has 3 N–H and O–H groups in total. The molecule has 14 heavy (non-hydrogen) atoms. The Bertz CT molecular complexity index is 204. The molecule has 0 saturated heterocycles. The molecule has 0 aliphatic rings. The molecule has 0 spiro atoms. The van der Waals surface area contributed by atoms with Crippen LogP contribution in [0.2, 0.25) is 5.82 Å². The summed E-state index contributed by atoms with van der Waals surface area (Å²) in [6.07, 6.45) is 7.57. The zero-order valence-electron chi connectivity index (χ0n) is 9.01. The molecule has 0 aromatic heterocycles. The van der Waals surface area contributed by atoms with Gasteiger partial charge in [-0.1, -0.05) is 31.2 Å². The Labute approximate surface area is 85.9 Å². The molecular weight excluding hydrogens is 179 g/mol. The average molecular weight is 198 g/mol. The lowest BCUT2D eigenvalue weighted by Gasteiger charge is -2.12. The van der Waals surface area contributed by atoms with E-state index in [1.54, 1.807) is 32.1 Å². The minimum Gasteiger partial charge on any atom is -0.426 e. The fraction of sp³-hybridized carbons (Fsp3) is 0.600. The fourth-order valence-electron chi connectivity index (χ4n) is 0.903. The molecule has 0 aliphatic heterocycles. The van der Waals surface area contributed by atoms with Gasteiger partial charge in [0.15, 0.2) is 0 Å². The van der Waals surface area contributed by atoms with Crippen LogP contribution in [-0.2, 0) is 0 Å². The summed E-state index contributed by atoms with van der Waals surface area (Å²) in [5, 5.41) is 27.4. The maximum Gasteiger partial charge on any atom is 0.462 e. The van der Waals surface area contributed by atoms with Gasteiger partial charge in [0.05, 0.1) is 5.60 Å². The quantitative estimate of drug-likeness (QED) is 0.458. The minimum absolute atomic E-state index is 0.457. The monoisotopic (exact) mass is 198 g/mol. The van der Waals surface area contributed by atoms with Crippen LogP contribution in [0.3, 0.4) is 0 Å². The van der Waals surface area contributed by atoms with Crippen LogP contribution in [0.15, 0.2) is 24.3 Å². The topological polar surface area (TPSA) is 60.7 Å². The predicted octanol–water partition coefficient (Wildman–Crippen LogP) is 1.12. The van der Waals surface area contributed by atoms with Crippen LogP contribution >= 0.6 is 0 Å². The van der Waals surface area contributed by atoms with E-state index >= 15 is 0 Å². The van der Waals surface area contributed by atoms with Gasteiger partial charge in [-0.05, 0) is 20.3 Å². The van der Waals surface area contributed by atoms with E-state index in [0.29, 0.717) is 0 Å². The molecule has 3 nitrogen and oxygen atoms in total. The van der Waals surface area contributed by atoms with Crippen molar-refractivity contribution in [1.29, 1.82) is 0 Å². The summed E-state index contributed by atoms with van der Waals surface area (Å²) in [4.78, 5) is 0. The van der Waals surface area contributed by atoms with Gasteiger partial charge in [0, 0.05) is 5.82 Å². The molecule has 0 radical (unpaired) electrons. The summed E-state index contributed by atoms with van der Waals surface area (Å²) in [6, 6.07) is 0. The number of rotatable bonds is 5. The van der Waals surface area contributed by atoms with Crippen LogP contribution in [-0.4, -0.2) is 27.9 Å². The van der Waals surface area contributed by atoms with Gasteiger partial charge < -0.3 is 15.2 Å². The second kappa shape index (κ2) is 6.01. The lowest BCUT2D eigenvalue weighted by molar-refractivity contribution is 0.133. The van der Waals surface area contributed by atoms with Gasteiger partial charge in [-0.3, -0.25) is 0 Å². The van der Waals surface area contributed by atoms with Gasteiger partial charge in [0.2, 0.25) is 0 Å². The Morgan fingerprint density at radius 3 is 2.21 bits per heavy atom. The number of hydrogen-bond donors (Lipinski definition) is 3. The van der Waals surface area contributed by atoms with Crippen LogP contribution in [0.4, 0.5) is 0 Å². The normalized spacial score (nSPS) is 15.3. The first kappa shape index (κ1) is 13.4. The van der Waals surface area contributed by atoms with Crippen molar-refractivity contribution >= 4 is 7.12 Å². The van der Waals surface area contributed by atoms with Crippen molar-refractivity contribution in [2.45, 2.75) is 38.6 Å². The summed E-state index contributed by atoms with van der Waals surface area (Å²) in [7, 11) is -1.42. The molecule has 0 aliphatic carbocycles. The molecule has 0 saturated carbocycles. The average Bonchev–Trinajstić information content (AvgIpc) is 2.01. The molecule has 0 rings (SSSR count). The van der Waals surface area contributed by atoms with Crippen LogP contribution in [0.1, 0.15) is 27.2 Å². The smallest absolute Gasteiger partial charge is 0.426 e. The zero-order chi connectivity index (χ0) is 11.2. The second-order valence-corrected chi connectivity index (χ2v) is 3.84. The highest BCUT2D eigenvalue weighted by Gasteiger charge is 2.18. The Morgan fingerprint density at radius 2 is 1.86 bits per heavy atom. The van der Waals surface area contributed by atoms with Crippen LogP contribution < -0.4 is 0 Å². The number of hydrogen-bond acceptors (Lipinski definition) is 3. The molecule has 0 amide bonds. The molecule has 0 fully saturated rings. The van der Waals surface area contributed by atoms with Gasteiger partial charge in [-0.2, -0.15) is 0 Å². The minimum atomic E-state index is -1.42. The SMILES string of the molecule is CC/C=C/C(/C=C/C(C)(C)O)B(O)O. The Kier molecular flexibility index (Phi) is 5.76. The van der Waals surface area contributed by atoms with Gasteiger partial charge in [-0.25, -0.2) is 0 Å². The largest absolute Gasteiger partial charge is 0.462 e. The highest BCUT2D eigenvalue weighted by molar-refractivity contribution is 6.44. The van der Waals surface area contributed by atoms with Crippen molar-refractivity contribution < 1.29 is 15.2 Å². The van der Waals surface area contributed by atoms with Crippen LogP contribution in [0.25, 0.3) is 0 Å². The summed E-state index contributed by atoms with van der Waals surface area (Å²) in [5.41, 5.74) is -0.923. The summed E-state index contributed by atoms with van der Waals surface area (Å²) in [5.74, 6) is -0.457. The standard InChI is InChI=1S/C10H19BO3/c1-4-5-6-9(11(13)14)7-8-10(2,3)12/h5-9,12-14H,4H2,1-3H3/b6-5+,8-7+. The summed E-state index contributed by atoms with van der Waals surface area (Å²) < 4.78 is 0. The lowest BCUT2D eigenvalue weighted by Crippen LogP contribution is -2.19. The number of aliphatic hydroxyl groups is 1. The molecule has 80 valence electrons. The predicted molar refractivity (Wildman–Crippen MR) is 58.8 cm³/mol. The highest BCUT2D eigenvalue weighted by atomic mass is 16.4. The second-order valence-electron chi connectivity index (χ2n) is 3.84. The van der Waals surface area contributed by atoms with Crippen molar-refractivity contribution in [1.82, 2.24) is 0 Å². The molecular formula is C10H19BO3. The third-order valence-corrected chi connectivity index (χ3v) is 1.66. The van der Waals surface area contributed by atoms with Crippen molar-refractivity contribution in [3.8, 4) is 0 Å². The van der Waals surface area contributed by atoms with E-state index < -0.39 is 18.5 Å². The van der Waals surface area contributed by atoms with E-state index in [1.807, 2.05) is 13.0 Å². The Balaban J connectivity index is 4.38. The molecule has 0 aromatic rings. The maximum absolute atomic E-state index is 9.40. The molecule has 1 atom stereocenters. The molecule has 0 bridgehead atoms. The molecule has 0 heterocycles. The van der Waals surface area contributed by atoms with Crippen molar-refractivity contribution in [3.63, 3.8) is 0 Å². The zero-order valence-corrected chi connectivity index (χ0v) is 9.01. The number of allylic oxidation sites excluding steroid dienone is 3. The maximum atomic E-state index is 9.40. The summed E-state index contributed by atoms with van der Waals surface area (Å²) >= 11 is 0. The van der Waals surface area contributed by atoms with E-state index in [-0.39, 0.29) is 0 Å². The summed E-state index contributed by atoms with van der Waals surface area (Å²) in [6.45, 7) is 5.23.